The van der Waals surface area contributed by atoms with Gasteiger partial charge in [0, 0.05) is 36.6 Å². The van der Waals surface area contributed by atoms with E-state index in [2.05, 4.69) is 15.5 Å². The Balaban J connectivity index is 1.70. The van der Waals surface area contributed by atoms with E-state index in [9.17, 15) is 9.59 Å². The van der Waals surface area contributed by atoms with Crippen molar-refractivity contribution in [1.29, 1.82) is 0 Å². The number of aromatic nitrogens is 3. The number of hydrogen-bond donors (Lipinski definition) is 1. The quantitative estimate of drug-likeness (QED) is 0.593. The van der Waals surface area contributed by atoms with Crippen LogP contribution in [0, 0.1) is 6.92 Å². The van der Waals surface area contributed by atoms with Crippen molar-refractivity contribution in [2.45, 2.75) is 13.5 Å². The molecule has 0 aliphatic heterocycles. The van der Waals surface area contributed by atoms with E-state index >= 15 is 0 Å². The second-order valence-electron chi connectivity index (χ2n) is 6.53. The molecule has 0 aliphatic rings. The molecule has 4 aromatic rings. The van der Waals surface area contributed by atoms with E-state index in [-0.39, 0.29) is 11.5 Å². The molecule has 7 heteroatoms. The molecule has 1 aromatic carbocycles. The van der Waals surface area contributed by atoms with Crippen LogP contribution < -0.4 is 10.9 Å². The number of rotatable bonds is 4. The number of hydrogen-bond acceptors (Lipinski definition) is 5. The minimum absolute atomic E-state index is 0.101. The Morgan fingerprint density at radius 2 is 2.07 bits per heavy atom. The van der Waals surface area contributed by atoms with Gasteiger partial charge in [-0.3, -0.25) is 14.6 Å². The predicted octanol–water partition coefficient (Wildman–Crippen LogP) is 2.77. The molecule has 0 unspecified atom stereocenters. The fraction of sp³-hybridized carbons (Fsp3) is 0.143. The maximum atomic E-state index is 12.9. The summed E-state index contributed by atoms with van der Waals surface area (Å²) in [5.41, 5.74) is 3.79. The van der Waals surface area contributed by atoms with E-state index < -0.39 is 0 Å². The van der Waals surface area contributed by atoms with Gasteiger partial charge in [0.05, 0.1) is 17.8 Å². The fourth-order valence-corrected chi connectivity index (χ4v) is 3.19. The third kappa shape index (κ3) is 3.18. The van der Waals surface area contributed by atoms with Crippen molar-refractivity contribution < 1.29 is 9.32 Å². The zero-order valence-electron chi connectivity index (χ0n) is 15.5. The summed E-state index contributed by atoms with van der Waals surface area (Å²) in [4.78, 5) is 28.8. The van der Waals surface area contributed by atoms with Crippen LogP contribution in [0.1, 0.15) is 21.6 Å². The van der Waals surface area contributed by atoms with Gasteiger partial charge < -0.3 is 14.4 Å². The van der Waals surface area contributed by atoms with Crippen molar-refractivity contribution >= 4 is 16.7 Å². The van der Waals surface area contributed by atoms with Crippen molar-refractivity contribution in [3.05, 3.63) is 82.4 Å². The van der Waals surface area contributed by atoms with Gasteiger partial charge in [0.1, 0.15) is 6.26 Å². The standard InChI is InChI=1S/C21H18N4O3/c1-13-19(12-28-24-13)15-3-4-18-16(8-15)5-6-25(21(18)27)11-14-7-17(10-23-9-14)20(26)22-2/h3-10,12H,11H2,1-2H3,(H,22,26). The van der Waals surface area contributed by atoms with Gasteiger partial charge in [-0.1, -0.05) is 11.2 Å². The lowest BCUT2D eigenvalue weighted by molar-refractivity contribution is 0.0962. The van der Waals surface area contributed by atoms with Crippen LogP contribution >= 0.6 is 0 Å². The zero-order valence-corrected chi connectivity index (χ0v) is 15.5. The minimum atomic E-state index is -0.211. The van der Waals surface area contributed by atoms with Gasteiger partial charge in [-0.05, 0) is 47.7 Å². The summed E-state index contributed by atoms with van der Waals surface area (Å²) < 4.78 is 6.61. The molecule has 1 amide bonds. The van der Waals surface area contributed by atoms with Crippen molar-refractivity contribution in [2.24, 2.45) is 0 Å². The van der Waals surface area contributed by atoms with Crippen LogP contribution in [0.15, 0.2) is 64.5 Å². The van der Waals surface area contributed by atoms with Crippen LogP contribution in [0.2, 0.25) is 0 Å². The molecule has 0 fully saturated rings. The molecule has 0 spiro atoms. The highest BCUT2D eigenvalue weighted by molar-refractivity contribution is 5.93. The van der Waals surface area contributed by atoms with Crippen LogP contribution in [-0.2, 0) is 6.54 Å². The molecule has 28 heavy (non-hydrogen) atoms. The summed E-state index contributed by atoms with van der Waals surface area (Å²) in [5.74, 6) is -0.211. The molecular formula is C21H18N4O3. The average molecular weight is 374 g/mol. The van der Waals surface area contributed by atoms with Crippen molar-refractivity contribution in [3.8, 4) is 11.1 Å². The van der Waals surface area contributed by atoms with E-state index in [1.54, 1.807) is 36.3 Å². The third-order valence-electron chi connectivity index (χ3n) is 4.67. The van der Waals surface area contributed by atoms with Gasteiger partial charge in [-0.2, -0.15) is 0 Å². The predicted molar refractivity (Wildman–Crippen MR) is 105 cm³/mol. The van der Waals surface area contributed by atoms with Crippen LogP contribution in [0.3, 0.4) is 0 Å². The van der Waals surface area contributed by atoms with Gasteiger partial charge >= 0.3 is 0 Å². The molecule has 3 heterocycles. The number of benzene rings is 1. The molecule has 7 nitrogen and oxygen atoms in total. The Morgan fingerprint density at radius 1 is 1.21 bits per heavy atom. The van der Waals surface area contributed by atoms with E-state index in [4.69, 9.17) is 4.52 Å². The Bertz CT molecular complexity index is 1240. The van der Waals surface area contributed by atoms with Gasteiger partial charge in [0.25, 0.3) is 11.5 Å². The van der Waals surface area contributed by atoms with Gasteiger partial charge in [0.15, 0.2) is 0 Å². The highest BCUT2D eigenvalue weighted by Gasteiger charge is 2.10. The Labute approximate surface area is 160 Å². The van der Waals surface area contributed by atoms with Gasteiger partial charge in [-0.25, -0.2) is 0 Å². The van der Waals surface area contributed by atoms with Crippen molar-refractivity contribution in [3.63, 3.8) is 0 Å². The molecule has 0 radical (unpaired) electrons. The second kappa shape index (κ2) is 7.11. The number of nitrogens with one attached hydrogen (secondary N) is 1. The molecule has 0 saturated carbocycles. The largest absolute Gasteiger partial charge is 0.364 e. The summed E-state index contributed by atoms with van der Waals surface area (Å²) in [6.45, 7) is 2.21. The SMILES string of the molecule is CNC(=O)c1cncc(Cn2ccc3cc(-c4conc4C)ccc3c2=O)c1. The highest BCUT2D eigenvalue weighted by Crippen LogP contribution is 2.25. The smallest absolute Gasteiger partial charge is 0.258 e. The summed E-state index contributed by atoms with van der Waals surface area (Å²) in [5, 5.41) is 7.94. The zero-order chi connectivity index (χ0) is 19.7. The van der Waals surface area contributed by atoms with E-state index in [1.807, 2.05) is 31.2 Å². The minimum Gasteiger partial charge on any atom is -0.364 e. The van der Waals surface area contributed by atoms with Crippen LogP contribution in [0.25, 0.3) is 21.9 Å². The normalized spacial score (nSPS) is 10.9. The average Bonchev–Trinajstić information content (AvgIpc) is 3.15. The first-order chi connectivity index (χ1) is 13.6. The Hall–Kier alpha value is -3.74. The summed E-state index contributed by atoms with van der Waals surface area (Å²) >= 11 is 0. The topological polar surface area (TPSA) is 90.0 Å². The van der Waals surface area contributed by atoms with Crippen LogP contribution in [0.5, 0.6) is 0 Å². The van der Waals surface area contributed by atoms with E-state index in [1.165, 1.54) is 6.20 Å². The number of carbonyl (C=O) groups excluding carboxylic acids is 1. The summed E-state index contributed by atoms with van der Waals surface area (Å²) in [6, 6.07) is 9.30. The van der Waals surface area contributed by atoms with Crippen LogP contribution in [-0.4, -0.2) is 27.7 Å². The molecule has 0 bridgehead atoms. The molecule has 0 aliphatic carbocycles. The molecule has 4 rings (SSSR count). The van der Waals surface area contributed by atoms with Gasteiger partial charge in [-0.15, -0.1) is 0 Å². The molecule has 1 N–H and O–H groups in total. The second-order valence-corrected chi connectivity index (χ2v) is 6.53. The summed E-state index contributed by atoms with van der Waals surface area (Å²) in [7, 11) is 1.57. The monoisotopic (exact) mass is 374 g/mol. The number of amides is 1. The Kier molecular flexibility index (Phi) is 4.49. The molecular weight excluding hydrogens is 356 g/mol. The van der Waals surface area contributed by atoms with Crippen molar-refractivity contribution in [2.75, 3.05) is 7.05 Å². The molecule has 3 aromatic heterocycles. The highest BCUT2D eigenvalue weighted by atomic mass is 16.5. The number of nitrogens with zero attached hydrogens (tertiary/aromatic N) is 3. The maximum absolute atomic E-state index is 12.9. The first-order valence-electron chi connectivity index (χ1n) is 8.77. The fourth-order valence-electron chi connectivity index (χ4n) is 3.19. The van der Waals surface area contributed by atoms with E-state index in [0.717, 1.165) is 27.8 Å². The number of fused-ring (bicyclic) bond motifs is 1. The van der Waals surface area contributed by atoms with E-state index in [0.29, 0.717) is 17.5 Å². The number of carbonyl (C=O) groups is 1. The number of pyridine rings is 2. The first-order valence-corrected chi connectivity index (χ1v) is 8.77. The lowest BCUT2D eigenvalue weighted by Gasteiger charge is -2.09. The van der Waals surface area contributed by atoms with Crippen molar-refractivity contribution in [1.82, 2.24) is 20.0 Å². The Morgan fingerprint density at radius 3 is 2.82 bits per heavy atom. The maximum Gasteiger partial charge on any atom is 0.258 e. The first kappa shape index (κ1) is 17.7. The van der Waals surface area contributed by atoms with Crippen LogP contribution in [0.4, 0.5) is 0 Å². The molecule has 0 saturated heterocycles. The lowest BCUT2D eigenvalue weighted by Crippen LogP contribution is -2.21. The molecule has 140 valence electrons. The number of aryl methyl sites for hydroxylation is 1. The lowest BCUT2D eigenvalue weighted by atomic mass is 10.0. The van der Waals surface area contributed by atoms with Gasteiger partial charge in [0.2, 0.25) is 0 Å². The molecule has 0 atom stereocenters. The summed E-state index contributed by atoms with van der Waals surface area (Å²) in [6.07, 6.45) is 6.51. The third-order valence-corrected chi connectivity index (χ3v) is 4.67.